The fourth-order valence-electron chi connectivity index (χ4n) is 2.00. The van der Waals surface area contributed by atoms with Crippen LogP contribution in [0.2, 0.25) is 0 Å². The molecule has 0 fully saturated rings. The molecule has 2 N–H and O–H groups in total. The summed E-state index contributed by atoms with van der Waals surface area (Å²) in [5.41, 5.74) is -0.330. The van der Waals surface area contributed by atoms with Gasteiger partial charge in [0.2, 0.25) is 6.10 Å². The smallest absolute Gasteiger partial charge is 0.270 e. The molecule has 0 aliphatic carbocycles. The number of aromatic amines is 1. The van der Waals surface area contributed by atoms with Gasteiger partial charge >= 0.3 is 0 Å². The Bertz CT molecular complexity index is 741. The molecule has 108 valence electrons. The average molecular weight is 287 g/mol. The van der Waals surface area contributed by atoms with E-state index in [1.54, 1.807) is 25.1 Å². The van der Waals surface area contributed by atoms with Crippen LogP contribution < -0.4 is 20.3 Å². The molecule has 1 aliphatic heterocycles. The Hall–Kier alpha value is -2.83. The Morgan fingerprint density at radius 3 is 2.90 bits per heavy atom. The number of hydrogen-bond acceptors (Lipinski definition) is 5. The SMILES string of the molecule is Cc1nc(NC(=O)C2COc3ccccc3O2)cc(=O)[nH]1. The number of carbonyl (C=O) groups is 1. The Balaban J connectivity index is 1.73. The summed E-state index contributed by atoms with van der Waals surface area (Å²) in [4.78, 5) is 30.0. The summed E-state index contributed by atoms with van der Waals surface area (Å²) in [7, 11) is 0. The van der Waals surface area contributed by atoms with Crippen molar-refractivity contribution in [1.82, 2.24) is 9.97 Å². The van der Waals surface area contributed by atoms with Crippen LogP contribution in [-0.4, -0.2) is 28.6 Å². The third-order valence-corrected chi connectivity index (χ3v) is 2.91. The van der Waals surface area contributed by atoms with Crippen molar-refractivity contribution in [3.63, 3.8) is 0 Å². The second-order valence-electron chi connectivity index (χ2n) is 4.57. The van der Waals surface area contributed by atoms with Crippen LogP contribution in [0.25, 0.3) is 0 Å². The largest absolute Gasteiger partial charge is 0.485 e. The minimum Gasteiger partial charge on any atom is -0.485 e. The molecule has 7 heteroatoms. The first-order valence-electron chi connectivity index (χ1n) is 6.39. The maximum atomic E-state index is 12.1. The number of carbonyl (C=O) groups excluding carboxylic acids is 1. The zero-order valence-corrected chi connectivity index (χ0v) is 11.3. The van der Waals surface area contributed by atoms with E-state index in [1.807, 2.05) is 6.07 Å². The second-order valence-corrected chi connectivity index (χ2v) is 4.57. The monoisotopic (exact) mass is 287 g/mol. The lowest BCUT2D eigenvalue weighted by molar-refractivity contribution is -0.125. The van der Waals surface area contributed by atoms with E-state index < -0.39 is 12.0 Å². The molecule has 1 aliphatic rings. The van der Waals surface area contributed by atoms with Crippen molar-refractivity contribution in [1.29, 1.82) is 0 Å². The Morgan fingerprint density at radius 1 is 1.38 bits per heavy atom. The summed E-state index contributed by atoms with van der Waals surface area (Å²) in [6.07, 6.45) is -0.790. The molecule has 7 nitrogen and oxygen atoms in total. The number of amides is 1. The molecule has 3 rings (SSSR count). The van der Waals surface area contributed by atoms with Crippen LogP contribution in [0.3, 0.4) is 0 Å². The predicted octanol–water partition coefficient (Wildman–Crippen LogP) is 0.857. The van der Waals surface area contributed by atoms with E-state index in [0.717, 1.165) is 0 Å². The molecule has 21 heavy (non-hydrogen) atoms. The highest BCUT2D eigenvalue weighted by Crippen LogP contribution is 2.30. The van der Waals surface area contributed by atoms with Gasteiger partial charge in [-0.1, -0.05) is 12.1 Å². The number of nitrogens with zero attached hydrogens (tertiary/aromatic N) is 1. The molecule has 1 atom stereocenters. The van der Waals surface area contributed by atoms with Gasteiger partial charge in [0.05, 0.1) is 0 Å². The Labute approximate surface area is 119 Å². The molecule has 0 spiro atoms. The van der Waals surface area contributed by atoms with Gasteiger partial charge in [-0.2, -0.15) is 0 Å². The number of aryl methyl sites for hydroxylation is 1. The summed E-state index contributed by atoms with van der Waals surface area (Å²) in [5, 5.41) is 2.55. The molecule has 2 heterocycles. The van der Waals surface area contributed by atoms with Crippen molar-refractivity contribution >= 4 is 11.7 Å². The normalized spacial score (nSPS) is 16.3. The third-order valence-electron chi connectivity index (χ3n) is 2.91. The molecular formula is C14H13N3O4. The predicted molar refractivity (Wildman–Crippen MR) is 74.6 cm³/mol. The highest BCUT2D eigenvalue weighted by molar-refractivity contribution is 5.93. The fourth-order valence-corrected chi connectivity index (χ4v) is 2.00. The van der Waals surface area contributed by atoms with Crippen molar-refractivity contribution in [2.75, 3.05) is 11.9 Å². The number of para-hydroxylation sites is 2. The fraction of sp³-hybridized carbons (Fsp3) is 0.214. The van der Waals surface area contributed by atoms with Crippen molar-refractivity contribution < 1.29 is 14.3 Å². The van der Waals surface area contributed by atoms with Crippen molar-refractivity contribution in [3.05, 3.63) is 46.5 Å². The van der Waals surface area contributed by atoms with Gasteiger partial charge in [-0.05, 0) is 19.1 Å². The maximum Gasteiger partial charge on any atom is 0.270 e. The first kappa shape index (κ1) is 13.2. The minimum absolute atomic E-state index is 0.102. The lowest BCUT2D eigenvalue weighted by Crippen LogP contribution is -2.40. The van der Waals surface area contributed by atoms with Gasteiger partial charge in [0.25, 0.3) is 11.5 Å². The minimum atomic E-state index is -0.790. The number of aromatic nitrogens is 2. The van der Waals surface area contributed by atoms with E-state index in [9.17, 15) is 9.59 Å². The number of benzene rings is 1. The van der Waals surface area contributed by atoms with Crippen molar-refractivity contribution in [2.45, 2.75) is 13.0 Å². The van der Waals surface area contributed by atoms with Crippen LogP contribution in [0, 0.1) is 6.92 Å². The summed E-state index contributed by atoms with van der Waals surface area (Å²) >= 11 is 0. The number of nitrogens with one attached hydrogen (secondary N) is 2. The Kier molecular flexibility index (Phi) is 3.31. The van der Waals surface area contributed by atoms with Gasteiger partial charge in [-0.3, -0.25) is 9.59 Å². The van der Waals surface area contributed by atoms with Crippen LogP contribution in [0.1, 0.15) is 5.82 Å². The van der Waals surface area contributed by atoms with E-state index >= 15 is 0 Å². The van der Waals surface area contributed by atoms with Gasteiger partial charge in [0.15, 0.2) is 11.5 Å². The van der Waals surface area contributed by atoms with E-state index in [2.05, 4.69) is 15.3 Å². The van der Waals surface area contributed by atoms with Gasteiger partial charge < -0.3 is 19.8 Å². The van der Waals surface area contributed by atoms with E-state index in [0.29, 0.717) is 17.3 Å². The maximum absolute atomic E-state index is 12.1. The Morgan fingerprint density at radius 2 is 2.14 bits per heavy atom. The lowest BCUT2D eigenvalue weighted by atomic mass is 10.2. The number of fused-ring (bicyclic) bond motifs is 1. The summed E-state index contributed by atoms with van der Waals surface area (Å²) < 4.78 is 11.0. The van der Waals surface area contributed by atoms with Crippen LogP contribution in [0.15, 0.2) is 35.1 Å². The number of H-pyrrole nitrogens is 1. The van der Waals surface area contributed by atoms with Crippen LogP contribution in [0.4, 0.5) is 5.82 Å². The van der Waals surface area contributed by atoms with Crippen LogP contribution in [-0.2, 0) is 4.79 Å². The summed E-state index contributed by atoms with van der Waals surface area (Å²) in [5.74, 6) is 1.31. The molecule has 2 aromatic rings. The van der Waals surface area contributed by atoms with Gasteiger partial charge in [-0.15, -0.1) is 0 Å². The standard InChI is InChI=1S/C14H13N3O4/c1-8-15-12(6-13(18)16-8)17-14(19)11-7-20-9-4-2-3-5-10(9)21-11/h2-6,11H,7H2,1H3,(H2,15,16,17,18,19). The van der Waals surface area contributed by atoms with Crippen molar-refractivity contribution in [3.8, 4) is 11.5 Å². The molecule has 0 saturated heterocycles. The van der Waals surface area contributed by atoms with Crippen molar-refractivity contribution in [2.24, 2.45) is 0 Å². The highest BCUT2D eigenvalue weighted by atomic mass is 16.6. The van der Waals surface area contributed by atoms with E-state index in [-0.39, 0.29) is 18.0 Å². The van der Waals surface area contributed by atoms with E-state index in [4.69, 9.17) is 9.47 Å². The first-order valence-corrected chi connectivity index (χ1v) is 6.39. The molecule has 1 aromatic heterocycles. The third kappa shape index (κ3) is 2.86. The zero-order chi connectivity index (χ0) is 14.8. The quantitative estimate of drug-likeness (QED) is 0.854. The van der Waals surface area contributed by atoms with Crippen LogP contribution >= 0.6 is 0 Å². The van der Waals surface area contributed by atoms with Gasteiger partial charge in [-0.25, -0.2) is 4.98 Å². The molecule has 0 radical (unpaired) electrons. The number of anilines is 1. The number of ether oxygens (including phenoxy) is 2. The van der Waals surface area contributed by atoms with Gasteiger partial charge in [0, 0.05) is 6.07 Å². The lowest BCUT2D eigenvalue weighted by Gasteiger charge is -2.25. The summed E-state index contributed by atoms with van der Waals surface area (Å²) in [6.45, 7) is 1.73. The molecule has 1 unspecified atom stereocenters. The topological polar surface area (TPSA) is 93.3 Å². The molecule has 0 saturated carbocycles. The van der Waals surface area contributed by atoms with Crippen LogP contribution in [0.5, 0.6) is 11.5 Å². The first-order chi connectivity index (χ1) is 10.1. The molecular weight excluding hydrogens is 274 g/mol. The zero-order valence-electron chi connectivity index (χ0n) is 11.3. The molecule has 1 aromatic carbocycles. The van der Waals surface area contributed by atoms with E-state index in [1.165, 1.54) is 6.07 Å². The molecule has 0 bridgehead atoms. The highest BCUT2D eigenvalue weighted by Gasteiger charge is 2.27. The summed E-state index contributed by atoms with van der Waals surface area (Å²) in [6, 6.07) is 8.33. The average Bonchev–Trinajstić information content (AvgIpc) is 2.45. The second kappa shape index (κ2) is 5.28. The van der Waals surface area contributed by atoms with Gasteiger partial charge in [0.1, 0.15) is 18.2 Å². The molecule has 1 amide bonds. The number of rotatable bonds is 2. The number of hydrogen-bond donors (Lipinski definition) is 2.